The number of likely N-dealkylation sites (tertiary alicyclic amines) is 1. The van der Waals surface area contributed by atoms with Gasteiger partial charge in [0.05, 0.1) is 6.04 Å². The number of nitrogens with one attached hydrogen (secondary N) is 1. The summed E-state index contributed by atoms with van der Waals surface area (Å²) in [5.74, 6) is 2.15. The Morgan fingerprint density at radius 2 is 1.81 bits per heavy atom. The Hall–Kier alpha value is -1.79. The average molecular weight is 449 g/mol. The van der Waals surface area contributed by atoms with E-state index in [2.05, 4.69) is 24.1 Å². The second kappa shape index (κ2) is 13.7. The van der Waals surface area contributed by atoms with Crippen LogP contribution in [0.4, 0.5) is 0 Å². The number of hydrogen-bond acceptors (Lipinski definition) is 5. The molecule has 2 heterocycles. The first-order valence-corrected chi connectivity index (χ1v) is 12.2. The smallest absolute Gasteiger partial charge is 0.220 e. The van der Waals surface area contributed by atoms with E-state index in [-0.39, 0.29) is 19.4 Å². The lowest BCUT2D eigenvalue weighted by Crippen LogP contribution is -2.49. The minimum absolute atomic E-state index is 0. The van der Waals surface area contributed by atoms with Gasteiger partial charge in [-0.1, -0.05) is 53.0 Å². The van der Waals surface area contributed by atoms with Gasteiger partial charge in [-0.3, -0.25) is 4.79 Å². The van der Waals surface area contributed by atoms with Crippen molar-refractivity contribution in [2.75, 3.05) is 32.8 Å². The highest BCUT2D eigenvalue weighted by molar-refractivity contribution is 5.76. The number of benzene rings is 1. The van der Waals surface area contributed by atoms with E-state index in [1.165, 1.54) is 19.3 Å². The number of aliphatic hydroxyl groups is 1. The number of amides is 1. The maximum absolute atomic E-state index is 12.7. The van der Waals surface area contributed by atoms with Gasteiger partial charge in [-0.05, 0) is 56.0 Å². The summed E-state index contributed by atoms with van der Waals surface area (Å²) in [5.41, 5.74) is 0.753. The molecule has 0 aliphatic carbocycles. The van der Waals surface area contributed by atoms with Crippen LogP contribution in [0.5, 0.6) is 11.5 Å². The summed E-state index contributed by atoms with van der Waals surface area (Å²) >= 11 is 0. The number of fused-ring (bicyclic) bond motifs is 1. The van der Waals surface area contributed by atoms with Crippen LogP contribution in [0.2, 0.25) is 0 Å². The van der Waals surface area contributed by atoms with Gasteiger partial charge in [-0.2, -0.15) is 0 Å². The third-order valence-electron chi connectivity index (χ3n) is 6.47. The second-order valence-corrected chi connectivity index (χ2v) is 9.17. The number of carbonyl (C=O) groups excluding carboxylic acids is 1. The van der Waals surface area contributed by atoms with Crippen molar-refractivity contribution in [2.45, 2.75) is 84.8 Å². The Labute approximate surface area is 194 Å². The quantitative estimate of drug-likeness (QED) is 0.480. The first-order valence-electron chi connectivity index (χ1n) is 12.2. The first-order chi connectivity index (χ1) is 15.1. The van der Waals surface area contributed by atoms with Crippen molar-refractivity contribution in [3.8, 4) is 11.5 Å². The number of unbranched alkanes of at least 4 members (excludes halogenated alkanes) is 4. The van der Waals surface area contributed by atoms with Crippen molar-refractivity contribution < 1.29 is 19.4 Å². The highest BCUT2D eigenvalue weighted by Gasteiger charge is 2.28. The van der Waals surface area contributed by atoms with Gasteiger partial charge in [0.1, 0.15) is 19.3 Å². The number of nitrogens with zero attached hydrogens (tertiary/aromatic N) is 1. The molecule has 0 radical (unpaired) electrons. The standard InChI is InChI=1S/C25H40N2O4.CH4/c1-3-4-5-6-7-8-24(28)26-21(18-27-13-11-19(2)12-14-27)25(29)20-9-10-22-23(17-20)31-16-15-30-22;/h9-10,17,19,21,25,29H,3-8,11-16,18H2,1-2H3,(H,26,28);1H4/t21-,25-;/m1./s1. The van der Waals surface area contributed by atoms with Crippen LogP contribution in [0.15, 0.2) is 18.2 Å². The van der Waals surface area contributed by atoms with E-state index in [1.807, 2.05) is 18.2 Å². The largest absolute Gasteiger partial charge is 0.486 e. The predicted molar refractivity (Wildman–Crippen MR) is 129 cm³/mol. The van der Waals surface area contributed by atoms with E-state index in [0.717, 1.165) is 50.3 Å². The third-order valence-corrected chi connectivity index (χ3v) is 6.47. The molecule has 6 nitrogen and oxygen atoms in total. The molecule has 1 aromatic carbocycles. The van der Waals surface area contributed by atoms with Gasteiger partial charge >= 0.3 is 0 Å². The minimum atomic E-state index is -0.792. The molecule has 1 fully saturated rings. The zero-order valence-electron chi connectivity index (χ0n) is 19.3. The molecule has 2 N–H and O–H groups in total. The van der Waals surface area contributed by atoms with E-state index >= 15 is 0 Å². The summed E-state index contributed by atoms with van der Waals surface area (Å²) in [5, 5.41) is 14.4. The predicted octanol–water partition coefficient (Wildman–Crippen LogP) is 4.70. The van der Waals surface area contributed by atoms with Crippen LogP contribution in [0, 0.1) is 5.92 Å². The summed E-state index contributed by atoms with van der Waals surface area (Å²) in [4.78, 5) is 15.0. The van der Waals surface area contributed by atoms with Crippen LogP contribution in [0.25, 0.3) is 0 Å². The van der Waals surface area contributed by atoms with Gasteiger partial charge in [0.2, 0.25) is 5.91 Å². The van der Waals surface area contributed by atoms with Crippen molar-refractivity contribution in [3.63, 3.8) is 0 Å². The molecule has 32 heavy (non-hydrogen) atoms. The first kappa shape index (κ1) is 26.5. The minimum Gasteiger partial charge on any atom is -0.486 e. The molecule has 0 aromatic heterocycles. The van der Waals surface area contributed by atoms with Crippen molar-refractivity contribution in [2.24, 2.45) is 5.92 Å². The zero-order chi connectivity index (χ0) is 22.1. The van der Waals surface area contributed by atoms with Crippen molar-refractivity contribution in [3.05, 3.63) is 23.8 Å². The molecule has 2 aliphatic heterocycles. The Kier molecular flexibility index (Phi) is 11.3. The maximum atomic E-state index is 12.7. The molecule has 6 heteroatoms. The Balaban J connectivity index is 0.00000363. The fourth-order valence-corrected chi connectivity index (χ4v) is 4.39. The van der Waals surface area contributed by atoms with Crippen LogP contribution in [0.1, 0.15) is 84.3 Å². The molecule has 3 rings (SSSR count). The summed E-state index contributed by atoms with van der Waals surface area (Å²) in [6.07, 6.45) is 7.64. The van der Waals surface area contributed by atoms with Crippen molar-refractivity contribution >= 4 is 5.91 Å². The molecule has 2 aliphatic rings. The van der Waals surface area contributed by atoms with E-state index in [9.17, 15) is 9.90 Å². The second-order valence-electron chi connectivity index (χ2n) is 9.17. The van der Waals surface area contributed by atoms with Crippen LogP contribution < -0.4 is 14.8 Å². The van der Waals surface area contributed by atoms with E-state index in [1.54, 1.807) is 0 Å². The number of piperidine rings is 1. The zero-order valence-corrected chi connectivity index (χ0v) is 19.3. The SMILES string of the molecule is C.CCCCCCCC(=O)N[C@H](CN1CCC(C)CC1)[C@H](O)c1ccc2c(c1)OCCO2. The van der Waals surface area contributed by atoms with Crippen molar-refractivity contribution in [1.82, 2.24) is 10.2 Å². The fraction of sp³-hybridized carbons (Fsp3) is 0.731. The van der Waals surface area contributed by atoms with Gasteiger partial charge < -0.3 is 24.8 Å². The molecule has 1 saturated heterocycles. The highest BCUT2D eigenvalue weighted by atomic mass is 16.6. The molecule has 182 valence electrons. The maximum Gasteiger partial charge on any atom is 0.220 e. The normalized spacial score (nSPS) is 18.5. The number of aliphatic hydroxyl groups excluding tert-OH is 1. The van der Waals surface area contributed by atoms with Crippen LogP contribution in [-0.2, 0) is 4.79 Å². The Morgan fingerprint density at radius 1 is 1.12 bits per heavy atom. The van der Waals surface area contributed by atoms with E-state index in [4.69, 9.17) is 9.47 Å². The van der Waals surface area contributed by atoms with Crippen LogP contribution in [0.3, 0.4) is 0 Å². The number of rotatable bonds is 11. The fourth-order valence-electron chi connectivity index (χ4n) is 4.39. The summed E-state index contributed by atoms with van der Waals surface area (Å²) in [6, 6.07) is 5.23. The Morgan fingerprint density at radius 3 is 2.53 bits per heavy atom. The van der Waals surface area contributed by atoms with Gasteiger partial charge in [0.25, 0.3) is 0 Å². The molecule has 0 bridgehead atoms. The van der Waals surface area contributed by atoms with Gasteiger partial charge in [0.15, 0.2) is 11.5 Å². The van der Waals surface area contributed by atoms with E-state index < -0.39 is 6.10 Å². The van der Waals surface area contributed by atoms with E-state index in [0.29, 0.717) is 37.7 Å². The monoisotopic (exact) mass is 448 g/mol. The Bertz CT molecular complexity index is 688. The van der Waals surface area contributed by atoms with Gasteiger partial charge in [0, 0.05) is 13.0 Å². The lowest BCUT2D eigenvalue weighted by molar-refractivity contribution is -0.123. The lowest BCUT2D eigenvalue weighted by atomic mass is 9.96. The number of carbonyl (C=O) groups is 1. The summed E-state index contributed by atoms with van der Waals surface area (Å²) < 4.78 is 11.3. The number of ether oxygens (including phenoxy) is 2. The molecular weight excluding hydrogens is 404 g/mol. The molecule has 1 aromatic rings. The third kappa shape index (κ3) is 7.96. The molecular formula is C26H44N2O4. The molecule has 2 atom stereocenters. The molecule has 0 spiro atoms. The lowest BCUT2D eigenvalue weighted by Gasteiger charge is -2.35. The summed E-state index contributed by atoms with van der Waals surface area (Å²) in [6.45, 7) is 8.22. The van der Waals surface area contributed by atoms with Crippen molar-refractivity contribution in [1.29, 1.82) is 0 Å². The van der Waals surface area contributed by atoms with Gasteiger partial charge in [-0.15, -0.1) is 0 Å². The summed E-state index contributed by atoms with van der Waals surface area (Å²) in [7, 11) is 0. The van der Waals surface area contributed by atoms with Crippen LogP contribution in [-0.4, -0.2) is 54.8 Å². The van der Waals surface area contributed by atoms with Gasteiger partial charge in [-0.25, -0.2) is 0 Å². The average Bonchev–Trinajstić information content (AvgIpc) is 2.79. The van der Waals surface area contributed by atoms with Crippen LogP contribution >= 0.6 is 0 Å². The number of hydrogen-bond donors (Lipinski definition) is 2. The topological polar surface area (TPSA) is 71.0 Å². The molecule has 0 saturated carbocycles. The highest BCUT2D eigenvalue weighted by Crippen LogP contribution is 2.33. The molecule has 1 amide bonds. The molecule has 0 unspecified atom stereocenters.